The SMILES string of the molecule is CCC/C=C1\C(OCc2c(F)cccc2F)=CC(C)=CN1C(C(=O)NOCC1CCCN1)=C(C)C. The summed E-state index contributed by atoms with van der Waals surface area (Å²) in [5, 5.41) is 3.33. The molecule has 0 bridgehead atoms. The van der Waals surface area contributed by atoms with Crippen LogP contribution >= 0.6 is 0 Å². The van der Waals surface area contributed by atoms with E-state index in [1.807, 2.05) is 40.0 Å². The molecule has 0 aliphatic carbocycles. The first-order valence-electron chi connectivity index (χ1n) is 12.1. The van der Waals surface area contributed by atoms with Crippen molar-refractivity contribution in [3.8, 4) is 0 Å². The van der Waals surface area contributed by atoms with Gasteiger partial charge in [-0.3, -0.25) is 9.63 Å². The van der Waals surface area contributed by atoms with Crippen LogP contribution in [0.4, 0.5) is 8.78 Å². The Hall–Kier alpha value is -2.97. The molecular formula is C27H35F2N3O3. The van der Waals surface area contributed by atoms with Crippen molar-refractivity contribution in [1.82, 2.24) is 15.7 Å². The second kappa shape index (κ2) is 12.7. The zero-order valence-corrected chi connectivity index (χ0v) is 20.9. The highest BCUT2D eigenvalue weighted by atomic mass is 19.1. The number of ether oxygens (including phenoxy) is 1. The van der Waals surface area contributed by atoms with Crippen molar-refractivity contribution in [2.75, 3.05) is 13.2 Å². The van der Waals surface area contributed by atoms with Crippen LogP contribution in [0.25, 0.3) is 0 Å². The number of carbonyl (C=O) groups is 1. The molecule has 2 N–H and O–H groups in total. The Kier molecular flexibility index (Phi) is 9.63. The van der Waals surface area contributed by atoms with Crippen LogP contribution in [0.2, 0.25) is 0 Å². The lowest BCUT2D eigenvalue weighted by Crippen LogP contribution is -2.37. The minimum atomic E-state index is -0.664. The molecule has 1 aromatic carbocycles. The molecule has 2 heterocycles. The number of rotatable bonds is 10. The smallest absolute Gasteiger partial charge is 0.291 e. The summed E-state index contributed by atoms with van der Waals surface area (Å²) >= 11 is 0. The number of benzene rings is 1. The fourth-order valence-corrected chi connectivity index (χ4v) is 4.04. The number of hydroxylamine groups is 1. The number of carbonyl (C=O) groups excluding carboxylic acids is 1. The van der Waals surface area contributed by atoms with Gasteiger partial charge in [0.2, 0.25) is 0 Å². The fraction of sp³-hybridized carbons (Fsp3) is 0.444. The van der Waals surface area contributed by atoms with E-state index >= 15 is 0 Å². The van der Waals surface area contributed by atoms with E-state index in [1.54, 1.807) is 11.0 Å². The van der Waals surface area contributed by atoms with E-state index in [1.165, 1.54) is 18.2 Å². The van der Waals surface area contributed by atoms with Gasteiger partial charge < -0.3 is 15.0 Å². The number of amides is 1. The first-order chi connectivity index (χ1) is 16.8. The summed E-state index contributed by atoms with van der Waals surface area (Å²) in [7, 11) is 0. The molecule has 1 fully saturated rings. The van der Waals surface area contributed by atoms with Crippen LogP contribution in [0, 0.1) is 11.6 Å². The molecule has 190 valence electrons. The third-order valence-corrected chi connectivity index (χ3v) is 5.80. The molecule has 0 saturated carbocycles. The van der Waals surface area contributed by atoms with Crippen molar-refractivity contribution in [3.63, 3.8) is 0 Å². The van der Waals surface area contributed by atoms with Crippen LogP contribution in [0.1, 0.15) is 58.9 Å². The maximum Gasteiger partial charge on any atom is 0.291 e. The second-order valence-corrected chi connectivity index (χ2v) is 9.00. The van der Waals surface area contributed by atoms with Gasteiger partial charge in [0.1, 0.15) is 29.7 Å². The molecule has 35 heavy (non-hydrogen) atoms. The Labute approximate surface area is 206 Å². The lowest BCUT2D eigenvalue weighted by Gasteiger charge is -2.31. The Morgan fingerprint density at radius 1 is 1.29 bits per heavy atom. The number of unbranched alkanes of at least 4 members (excludes halogenated alkanes) is 1. The molecule has 2 aliphatic rings. The molecule has 8 heteroatoms. The highest BCUT2D eigenvalue weighted by Crippen LogP contribution is 2.31. The normalized spacial score (nSPS) is 18.9. The van der Waals surface area contributed by atoms with Crippen LogP contribution < -0.4 is 10.8 Å². The molecule has 2 aliphatic heterocycles. The van der Waals surface area contributed by atoms with Crippen molar-refractivity contribution in [3.05, 3.63) is 82.0 Å². The monoisotopic (exact) mass is 487 g/mol. The molecule has 1 atom stereocenters. The molecular weight excluding hydrogens is 452 g/mol. The third-order valence-electron chi connectivity index (χ3n) is 5.80. The van der Waals surface area contributed by atoms with Crippen molar-refractivity contribution >= 4 is 5.91 Å². The van der Waals surface area contributed by atoms with Gasteiger partial charge >= 0.3 is 0 Å². The first kappa shape index (κ1) is 26.6. The van der Waals surface area contributed by atoms with E-state index in [0.29, 0.717) is 23.8 Å². The molecule has 0 radical (unpaired) electrons. The van der Waals surface area contributed by atoms with Gasteiger partial charge in [0.15, 0.2) is 0 Å². The Bertz CT molecular complexity index is 1020. The Balaban J connectivity index is 1.82. The highest BCUT2D eigenvalue weighted by Gasteiger charge is 2.27. The number of halogens is 2. The zero-order chi connectivity index (χ0) is 25.4. The second-order valence-electron chi connectivity index (χ2n) is 9.00. The molecule has 1 unspecified atom stereocenters. The molecule has 1 amide bonds. The molecule has 1 saturated heterocycles. The summed E-state index contributed by atoms with van der Waals surface area (Å²) in [4.78, 5) is 20.5. The lowest BCUT2D eigenvalue weighted by molar-refractivity contribution is -0.131. The van der Waals surface area contributed by atoms with Gasteiger partial charge in [-0.2, -0.15) is 0 Å². The van der Waals surface area contributed by atoms with E-state index in [4.69, 9.17) is 9.57 Å². The van der Waals surface area contributed by atoms with Gasteiger partial charge in [0, 0.05) is 12.2 Å². The predicted octanol–water partition coefficient (Wildman–Crippen LogP) is 5.36. The van der Waals surface area contributed by atoms with Crippen molar-refractivity contribution in [2.24, 2.45) is 0 Å². The largest absolute Gasteiger partial charge is 0.486 e. The number of allylic oxidation sites excluding steroid dienone is 4. The lowest BCUT2D eigenvalue weighted by atomic mass is 10.1. The predicted molar refractivity (Wildman–Crippen MR) is 131 cm³/mol. The summed E-state index contributed by atoms with van der Waals surface area (Å²) in [5.41, 5.74) is 5.07. The minimum Gasteiger partial charge on any atom is -0.486 e. The number of hydrogen-bond donors (Lipinski definition) is 2. The van der Waals surface area contributed by atoms with Gasteiger partial charge in [0.05, 0.1) is 17.9 Å². The molecule has 3 rings (SSSR count). The number of hydrogen-bond acceptors (Lipinski definition) is 5. The average molecular weight is 488 g/mol. The van der Waals surface area contributed by atoms with Gasteiger partial charge in [-0.1, -0.05) is 25.5 Å². The summed E-state index contributed by atoms with van der Waals surface area (Å²) in [6, 6.07) is 3.95. The zero-order valence-electron chi connectivity index (χ0n) is 20.9. The van der Waals surface area contributed by atoms with E-state index in [2.05, 4.69) is 10.8 Å². The highest BCUT2D eigenvalue weighted by molar-refractivity contribution is 5.93. The number of nitrogens with zero attached hydrogens (tertiary/aromatic N) is 1. The summed E-state index contributed by atoms with van der Waals surface area (Å²) in [6.45, 7) is 8.68. The first-order valence-corrected chi connectivity index (χ1v) is 12.1. The van der Waals surface area contributed by atoms with Gasteiger partial charge in [-0.15, -0.1) is 0 Å². The van der Waals surface area contributed by atoms with Crippen LogP contribution in [0.15, 0.2) is 64.9 Å². The number of nitrogens with one attached hydrogen (secondary N) is 2. The standard InChI is InChI=1S/C27H35F2N3O3/c1-5-6-12-24-25(34-17-21-22(28)10-7-11-23(21)29)14-19(4)15-32(24)26(18(2)3)27(33)31-35-16-20-9-8-13-30-20/h7,10-12,14-15,20,30H,5-6,8-9,13,16-17H2,1-4H3,(H,31,33)/b24-12+. The van der Waals surface area contributed by atoms with Crippen molar-refractivity contribution < 1.29 is 23.1 Å². The maximum atomic E-state index is 14.2. The summed E-state index contributed by atoms with van der Waals surface area (Å²) in [6.07, 6.45) is 9.33. The van der Waals surface area contributed by atoms with Crippen LogP contribution in [0.5, 0.6) is 0 Å². The molecule has 0 aromatic heterocycles. The van der Waals surface area contributed by atoms with Crippen molar-refractivity contribution in [2.45, 2.75) is 66.0 Å². The van der Waals surface area contributed by atoms with Gasteiger partial charge in [-0.25, -0.2) is 14.3 Å². The topological polar surface area (TPSA) is 62.8 Å². The van der Waals surface area contributed by atoms with Crippen LogP contribution in [-0.2, 0) is 21.0 Å². The Morgan fingerprint density at radius 2 is 2.03 bits per heavy atom. The Morgan fingerprint density at radius 3 is 2.66 bits per heavy atom. The van der Waals surface area contributed by atoms with Crippen LogP contribution in [-0.4, -0.2) is 30.0 Å². The van der Waals surface area contributed by atoms with E-state index in [-0.39, 0.29) is 24.1 Å². The van der Waals surface area contributed by atoms with E-state index < -0.39 is 11.6 Å². The molecule has 0 spiro atoms. The van der Waals surface area contributed by atoms with Gasteiger partial charge in [-0.05, 0) is 75.9 Å². The van der Waals surface area contributed by atoms with Crippen LogP contribution in [0.3, 0.4) is 0 Å². The summed E-state index contributed by atoms with van der Waals surface area (Å²) in [5.74, 6) is -1.27. The quantitative estimate of drug-likeness (QED) is 0.344. The average Bonchev–Trinajstić information content (AvgIpc) is 3.31. The maximum absolute atomic E-state index is 14.2. The molecule has 1 aromatic rings. The minimum absolute atomic E-state index is 0.142. The van der Waals surface area contributed by atoms with Gasteiger partial charge in [0.25, 0.3) is 5.91 Å². The fourth-order valence-electron chi connectivity index (χ4n) is 4.04. The van der Waals surface area contributed by atoms with Crippen molar-refractivity contribution in [1.29, 1.82) is 0 Å². The summed E-state index contributed by atoms with van der Waals surface area (Å²) < 4.78 is 34.3. The molecule has 6 nitrogen and oxygen atoms in total. The van der Waals surface area contributed by atoms with E-state index in [9.17, 15) is 13.6 Å². The third kappa shape index (κ3) is 7.02. The van der Waals surface area contributed by atoms with E-state index in [0.717, 1.165) is 43.4 Å².